The first-order valence-corrected chi connectivity index (χ1v) is 8.77. The Kier molecular flexibility index (Phi) is 5.03. The van der Waals surface area contributed by atoms with Gasteiger partial charge in [-0.15, -0.1) is 0 Å². The van der Waals surface area contributed by atoms with Crippen LogP contribution in [0.5, 0.6) is 0 Å². The predicted molar refractivity (Wildman–Crippen MR) is 90.1 cm³/mol. The van der Waals surface area contributed by atoms with Crippen LogP contribution in [0.15, 0.2) is 47.5 Å². The van der Waals surface area contributed by atoms with Gasteiger partial charge < -0.3 is 10.2 Å². The molecule has 22 heavy (non-hydrogen) atoms. The fourth-order valence-corrected chi connectivity index (χ4v) is 3.12. The van der Waals surface area contributed by atoms with Crippen LogP contribution in [0.4, 0.5) is 11.5 Å². The van der Waals surface area contributed by atoms with Crippen molar-refractivity contribution >= 4 is 21.3 Å². The van der Waals surface area contributed by atoms with Crippen molar-refractivity contribution in [3.8, 4) is 0 Å². The van der Waals surface area contributed by atoms with Gasteiger partial charge in [-0.05, 0) is 29.8 Å². The molecule has 1 N–H and O–H groups in total. The Bertz CT molecular complexity index is 743. The first kappa shape index (κ1) is 16.3. The predicted octanol–water partition coefficient (Wildman–Crippen LogP) is 2.55. The van der Waals surface area contributed by atoms with Crippen LogP contribution in [0.3, 0.4) is 0 Å². The largest absolute Gasteiger partial charge is 0.380 e. The van der Waals surface area contributed by atoms with Gasteiger partial charge >= 0.3 is 0 Å². The second-order valence-corrected chi connectivity index (χ2v) is 7.42. The Balaban J connectivity index is 2.21. The first-order chi connectivity index (χ1) is 10.4. The molecule has 0 amide bonds. The van der Waals surface area contributed by atoms with Crippen LogP contribution < -0.4 is 10.2 Å². The molecule has 6 heteroatoms. The molecule has 0 spiro atoms. The van der Waals surface area contributed by atoms with Crippen molar-refractivity contribution in [3.63, 3.8) is 0 Å². The number of aromatic nitrogens is 1. The normalized spacial score (nSPS) is 11.2. The van der Waals surface area contributed by atoms with Crippen molar-refractivity contribution in [2.45, 2.75) is 18.4 Å². The van der Waals surface area contributed by atoms with E-state index in [-0.39, 0.29) is 5.75 Å². The summed E-state index contributed by atoms with van der Waals surface area (Å²) in [7, 11) is 0.628. The molecule has 118 valence electrons. The van der Waals surface area contributed by atoms with Crippen LogP contribution in [-0.4, -0.2) is 33.2 Å². The fraction of sp³-hybridized carbons (Fsp3) is 0.312. The monoisotopic (exact) mass is 319 g/mol. The van der Waals surface area contributed by atoms with Crippen LogP contribution in [0.1, 0.15) is 12.5 Å². The van der Waals surface area contributed by atoms with E-state index in [0.29, 0.717) is 17.1 Å². The van der Waals surface area contributed by atoms with Crippen molar-refractivity contribution < 1.29 is 8.42 Å². The zero-order valence-corrected chi connectivity index (χ0v) is 13.9. The molecule has 0 aliphatic carbocycles. The molecule has 2 rings (SSSR count). The minimum atomic E-state index is -3.24. The number of hydrogen-bond acceptors (Lipinski definition) is 5. The highest BCUT2D eigenvalue weighted by Gasteiger charge is 2.15. The highest BCUT2D eigenvalue weighted by Crippen LogP contribution is 2.23. The lowest BCUT2D eigenvalue weighted by atomic mass is 10.2. The van der Waals surface area contributed by atoms with Crippen LogP contribution in [-0.2, 0) is 16.4 Å². The van der Waals surface area contributed by atoms with E-state index in [2.05, 4.69) is 10.3 Å². The number of nitrogens with one attached hydrogen (secondary N) is 1. The standard InChI is InChI=1S/C16H21N3O2S/c1-4-22(20,21)15-8-6-5-7-14(15)18-12-13-9-10-17-16(11-13)19(2)3/h5-11,18H,4,12H2,1-3H3. The maximum Gasteiger partial charge on any atom is 0.180 e. The van der Waals surface area contributed by atoms with Crippen molar-refractivity contribution in [3.05, 3.63) is 48.2 Å². The number of pyridine rings is 1. The quantitative estimate of drug-likeness (QED) is 0.886. The molecular formula is C16H21N3O2S. The Morgan fingerprint density at radius 1 is 1.18 bits per heavy atom. The molecule has 0 bridgehead atoms. The van der Waals surface area contributed by atoms with Gasteiger partial charge in [0.05, 0.1) is 16.3 Å². The third-order valence-corrected chi connectivity index (χ3v) is 5.14. The van der Waals surface area contributed by atoms with Gasteiger partial charge in [0.2, 0.25) is 0 Å². The van der Waals surface area contributed by atoms with Crippen molar-refractivity contribution in [1.82, 2.24) is 4.98 Å². The zero-order chi connectivity index (χ0) is 16.2. The van der Waals surface area contributed by atoms with Crippen LogP contribution >= 0.6 is 0 Å². The number of anilines is 2. The van der Waals surface area contributed by atoms with Crippen LogP contribution in [0, 0.1) is 0 Å². The highest BCUT2D eigenvalue weighted by molar-refractivity contribution is 7.91. The number of para-hydroxylation sites is 1. The Hall–Kier alpha value is -2.08. The van der Waals surface area contributed by atoms with Gasteiger partial charge in [-0.1, -0.05) is 19.1 Å². The van der Waals surface area contributed by atoms with E-state index < -0.39 is 9.84 Å². The molecule has 0 aliphatic rings. The van der Waals surface area contributed by atoms with Gasteiger partial charge in [0.15, 0.2) is 9.84 Å². The van der Waals surface area contributed by atoms with Crippen LogP contribution in [0.25, 0.3) is 0 Å². The van der Waals surface area contributed by atoms with Gasteiger partial charge in [-0.2, -0.15) is 0 Å². The van der Waals surface area contributed by atoms with Gasteiger partial charge in [0, 0.05) is 26.8 Å². The summed E-state index contributed by atoms with van der Waals surface area (Å²) >= 11 is 0. The molecule has 0 unspecified atom stereocenters. The summed E-state index contributed by atoms with van der Waals surface area (Å²) in [5, 5.41) is 3.21. The molecule has 0 saturated heterocycles. The number of sulfone groups is 1. The van der Waals surface area contributed by atoms with E-state index in [1.54, 1.807) is 31.3 Å². The summed E-state index contributed by atoms with van der Waals surface area (Å²) in [5.74, 6) is 0.958. The first-order valence-electron chi connectivity index (χ1n) is 7.12. The van der Waals surface area contributed by atoms with E-state index in [0.717, 1.165) is 11.4 Å². The molecular weight excluding hydrogens is 298 g/mol. The van der Waals surface area contributed by atoms with E-state index >= 15 is 0 Å². The number of hydrogen-bond donors (Lipinski definition) is 1. The van der Waals surface area contributed by atoms with E-state index in [9.17, 15) is 8.42 Å². The summed E-state index contributed by atoms with van der Waals surface area (Å²) in [4.78, 5) is 6.54. The summed E-state index contributed by atoms with van der Waals surface area (Å²) in [6.45, 7) is 2.19. The topological polar surface area (TPSA) is 62.3 Å². The molecule has 0 saturated carbocycles. The third-order valence-electron chi connectivity index (χ3n) is 3.35. The second kappa shape index (κ2) is 6.79. The molecule has 0 radical (unpaired) electrons. The second-order valence-electron chi connectivity index (χ2n) is 5.17. The number of benzene rings is 1. The lowest BCUT2D eigenvalue weighted by Crippen LogP contribution is -2.12. The molecule has 0 aliphatic heterocycles. The number of rotatable bonds is 6. The third kappa shape index (κ3) is 3.76. The Morgan fingerprint density at radius 3 is 2.59 bits per heavy atom. The van der Waals surface area contributed by atoms with E-state index in [1.807, 2.05) is 37.2 Å². The Morgan fingerprint density at radius 2 is 1.91 bits per heavy atom. The maximum atomic E-state index is 12.1. The van der Waals surface area contributed by atoms with Crippen molar-refractivity contribution in [1.29, 1.82) is 0 Å². The molecule has 1 aromatic heterocycles. The lowest BCUT2D eigenvalue weighted by Gasteiger charge is -2.14. The van der Waals surface area contributed by atoms with Gasteiger partial charge in [-0.3, -0.25) is 0 Å². The Labute approximate surface area is 131 Å². The molecule has 0 atom stereocenters. The van der Waals surface area contributed by atoms with E-state index in [1.165, 1.54) is 0 Å². The summed E-state index contributed by atoms with van der Waals surface area (Å²) in [6, 6.07) is 10.9. The van der Waals surface area contributed by atoms with E-state index in [4.69, 9.17) is 0 Å². The SMILES string of the molecule is CCS(=O)(=O)c1ccccc1NCc1ccnc(N(C)C)c1. The van der Waals surface area contributed by atoms with Gasteiger partial charge in [-0.25, -0.2) is 13.4 Å². The lowest BCUT2D eigenvalue weighted by molar-refractivity contribution is 0.597. The molecule has 1 aromatic carbocycles. The average molecular weight is 319 g/mol. The molecule has 5 nitrogen and oxygen atoms in total. The zero-order valence-electron chi connectivity index (χ0n) is 13.1. The summed E-state index contributed by atoms with van der Waals surface area (Å²) in [6.07, 6.45) is 1.75. The fourth-order valence-electron chi connectivity index (χ4n) is 2.05. The minimum Gasteiger partial charge on any atom is -0.380 e. The van der Waals surface area contributed by atoms with Crippen molar-refractivity contribution in [2.24, 2.45) is 0 Å². The molecule has 0 fully saturated rings. The summed E-state index contributed by atoms with van der Waals surface area (Å²) < 4.78 is 24.2. The summed E-state index contributed by atoms with van der Waals surface area (Å²) in [5.41, 5.74) is 1.68. The van der Waals surface area contributed by atoms with Crippen molar-refractivity contribution in [2.75, 3.05) is 30.1 Å². The van der Waals surface area contributed by atoms with Gasteiger partial charge in [0.25, 0.3) is 0 Å². The average Bonchev–Trinajstić information content (AvgIpc) is 2.53. The maximum absolute atomic E-state index is 12.1. The number of nitrogens with zero attached hydrogens (tertiary/aromatic N) is 2. The smallest absolute Gasteiger partial charge is 0.180 e. The highest BCUT2D eigenvalue weighted by atomic mass is 32.2. The van der Waals surface area contributed by atoms with Crippen LogP contribution in [0.2, 0.25) is 0 Å². The van der Waals surface area contributed by atoms with Gasteiger partial charge in [0.1, 0.15) is 5.82 Å². The molecule has 2 aromatic rings. The minimum absolute atomic E-state index is 0.0890. The molecule has 1 heterocycles.